The van der Waals surface area contributed by atoms with E-state index in [4.69, 9.17) is 0 Å². The van der Waals surface area contributed by atoms with Crippen LogP contribution in [0.2, 0.25) is 0 Å². The van der Waals surface area contributed by atoms with E-state index < -0.39 is 0 Å². The summed E-state index contributed by atoms with van der Waals surface area (Å²) >= 11 is 0. The fourth-order valence-corrected chi connectivity index (χ4v) is 1.85. The van der Waals surface area contributed by atoms with Crippen molar-refractivity contribution >= 4 is 0 Å². The molecule has 0 atom stereocenters. The van der Waals surface area contributed by atoms with E-state index in [1.165, 1.54) is 5.56 Å². The Kier molecular flexibility index (Phi) is 5.94. The van der Waals surface area contributed by atoms with Gasteiger partial charge in [0.1, 0.15) is 6.54 Å². The molecule has 0 saturated heterocycles. The first-order valence-corrected chi connectivity index (χ1v) is 5.87. The molecule has 1 nitrogen and oxygen atoms in total. The summed E-state index contributed by atoms with van der Waals surface area (Å²) in [5.74, 6) is 0. The van der Waals surface area contributed by atoms with Crippen molar-refractivity contribution in [1.82, 2.24) is 0 Å². The van der Waals surface area contributed by atoms with Crippen molar-refractivity contribution in [3.8, 4) is 0 Å². The van der Waals surface area contributed by atoms with Crippen LogP contribution in [-0.4, -0.2) is 24.1 Å². The van der Waals surface area contributed by atoms with Gasteiger partial charge in [-0.05, 0) is 13.8 Å². The van der Waals surface area contributed by atoms with E-state index in [0.29, 0.717) is 0 Å². The van der Waals surface area contributed by atoms with Gasteiger partial charge in [0.2, 0.25) is 0 Å². The summed E-state index contributed by atoms with van der Waals surface area (Å²) in [4.78, 5) is 0. The van der Waals surface area contributed by atoms with E-state index in [1.54, 1.807) is 0 Å². The van der Waals surface area contributed by atoms with Gasteiger partial charge in [0.15, 0.2) is 0 Å². The van der Waals surface area contributed by atoms with Crippen LogP contribution in [-0.2, 0) is 6.54 Å². The van der Waals surface area contributed by atoms with E-state index in [0.717, 1.165) is 17.4 Å². The summed E-state index contributed by atoms with van der Waals surface area (Å²) in [6.45, 7) is 9.52. The molecule has 0 aliphatic carbocycles. The maximum absolute atomic E-state index is 3.86. The van der Waals surface area contributed by atoms with Crippen LogP contribution in [0.5, 0.6) is 0 Å². The van der Waals surface area contributed by atoms with Gasteiger partial charge in [-0.1, -0.05) is 36.4 Å². The summed E-state index contributed by atoms with van der Waals surface area (Å²) in [6, 6.07) is 10.7. The molecule has 17 heavy (non-hydrogen) atoms. The molecule has 0 heterocycles. The average molecular weight is 254 g/mol. The van der Waals surface area contributed by atoms with Gasteiger partial charge in [0.05, 0.1) is 19.6 Å². The molecule has 0 aliphatic heterocycles. The minimum absolute atomic E-state index is 0. The van der Waals surface area contributed by atoms with Crippen molar-refractivity contribution in [2.75, 3.05) is 14.1 Å². The third-order valence-electron chi connectivity index (χ3n) is 3.70. The van der Waals surface area contributed by atoms with Gasteiger partial charge >= 0.3 is 0 Å². The molecule has 0 amide bonds. The lowest BCUT2D eigenvalue weighted by molar-refractivity contribution is -0.950. The zero-order chi connectivity index (χ0) is 12.2. The smallest absolute Gasteiger partial charge is 0.104 e. The van der Waals surface area contributed by atoms with Crippen LogP contribution in [0.1, 0.15) is 25.8 Å². The SMILES string of the molecule is C=CCC(C)(C)[N+](C)(C)Cc1ccccc1.[Cl-]. The number of hydrogen-bond acceptors (Lipinski definition) is 0. The Morgan fingerprint density at radius 2 is 1.71 bits per heavy atom. The summed E-state index contributed by atoms with van der Waals surface area (Å²) in [5, 5.41) is 0. The van der Waals surface area contributed by atoms with E-state index in [2.05, 4.69) is 64.9 Å². The molecule has 0 N–H and O–H groups in total. The lowest BCUT2D eigenvalue weighted by atomic mass is 9.95. The monoisotopic (exact) mass is 253 g/mol. The minimum atomic E-state index is 0. The fraction of sp³-hybridized carbons (Fsp3) is 0.467. The third-order valence-corrected chi connectivity index (χ3v) is 3.70. The van der Waals surface area contributed by atoms with E-state index in [9.17, 15) is 0 Å². The van der Waals surface area contributed by atoms with Crippen LogP contribution in [0.25, 0.3) is 0 Å². The van der Waals surface area contributed by atoms with Gasteiger partial charge < -0.3 is 16.9 Å². The Morgan fingerprint density at radius 1 is 1.18 bits per heavy atom. The highest BCUT2D eigenvalue weighted by molar-refractivity contribution is 5.13. The van der Waals surface area contributed by atoms with Gasteiger partial charge in [-0.25, -0.2) is 0 Å². The number of rotatable bonds is 5. The highest BCUT2D eigenvalue weighted by atomic mass is 35.5. The van der Waals surface area contributed by atoms with Gasteiger partial charge in [-0.3, -0.25) is 0 Å². The van der Waals surface area contributed by atoms with Crippen molar-refractivity contribution in [1.29, 1.82) is 0 Å². The van der Waals surface area contributed by atoms with Crippen molar-refractivity contribution < 1.29 is 16.9 Å². The van der Waals surface area contributed by atoms with E-state index in [1.807, 2.05) is 6.08 Å². The van der Waals surface area contributed by atoms with Crippen LogP contribution in [0.3, 0.4) is 0 Å². The fourth-order valence-electron chi connectivity index (χ4n) is 1.85. The Labute approximate surface area is 112 Å². The molecule has 0 bridgehead atoms. The molecule has 0 unspecified atom stereocenters. The van der Waals surface area contributed by atoms with E-state index >= 15 is 0 Å². The standard InChI is InChI=1S/C15H24N.ClH/c1-6-12-15(2,3)16(4,5)13-14-10-8-7-9-11-14;/h6-11H,1,12-13H2,2-5H3;1H/q+1;/p-1. The number of benzene rings is 1. The number of hydrogen-bond donors (Lipinski definition) is 0. The Bertz CT molecular complexity index is 341. The van der Waals surface area contributed by atoms with Gasteiger partial charge in [-0.2, -0.15) is 0 Å². The summed E-state index contributed by atoms with van der Waals surface area (Å²) in [6.07, 6.45) is 3.05. The average Bonchev–Trinajstić information content (AvgIpc) is 2.18. The number of quaternary nitrogens is 1. The van der Waals surface area contributed by atoms with Gasteiger partial charge in [0.25, 0.3) is 0 Å². The first-order valence-electron chi connectivity index (χ1n) is 5.87. The molecule has 1 aromatic rings. The second kappa shape index (κ2) is 6.23. The number of halogens is 1. The molecule has 1 rings (SSSR count). The molecular weight excluding hydrogens is 230 g/mol. The van der Waals surface area contributed by atoms with Crippen molar-refractivity contribution in [2.24, 2.45) is 0 Å². The van der Waals surface area contributed by atoms with Crippen molar-refractivity contribution in [2.45, 2.75) is 32.4 Å². The van der Waals surface area contributed by atoms with Crippen LogP contribution in [0.4, 0.5) is 0 Å². The topological polar surface area (TPSA) is 0 Å². The largest absolute Gasteiger partial charge is 1.00 e. The molecule has 0 spiro atoms. The second-order valence-corrected chi connectivity index (χ2v) is 5.63. The van der Waals surface area contributed by atoms with Crippen LogP contribution >= 0.6 is 0 Å². The predicted molar refractivity (Wildman–Crippen MR) is 71.1 cm³/mol. The first-order chi connectivity index (χ1) is 7.39. The van der Waals surface area contributed by atoms with Gasteiger partial charge in [-0.15, -0.1) is 6.58 Å². The Balaban J connectivity index is 0.00000256. The molecule has 1 aromatic carbocycles. The zero-order valence-corrected chi connectivity index (χ0v) is 12.2. The van der Waals surface area contributed by atoms with Gasteiger partial charge in [0, 0.05) is 12.0 Å². The molecule has 0 saturated carbocycles. The van der Waals surface area contributed by atoms with E-state index in [-0.39, 0.29) is 17.9 Å². The Hall–Kier alpha value is -0.790. The molecule has 2 heteroatoms. The molecule has 0 radical (unpaired) electrons. The predicted octanol–water partition coefficient (Wildman–Crippen LogP) is 0.622. The minimum Gasteiger partial charge on any atom is -1.00 e. The quantitative estimate of drug-likeness (QED) is 0.533. The van der Waals surface area contributed by atoms with Crippen LogP contribution in [0, 0.1) is 0 Å². The third kappa shape index (κ3) is 4.18. The zero-order valence-electron chi connectivity index (χ0n) is 11.4. The normalized spacial score (nSPS) is 11.8. The maximum atomic E-state index is 3.86. The summed E-state index contributed by atoms with van der Waals surface area (Å²) < 4.78 is 0.975. The lowest BCUT2D eigenvalue weighted by Gasteiger charge is -2.44. The molecule has 0 aliphatic rings. The lowest BCUT2D eigenvalue weighted by Crippen LogP contribution is -3.00. The van der Waals surface area contributed by atoms with Crippen LogP contribution < -0.4 is 12.4 Å². The Morgan fingerprint density at radius 3 is 2.18 bits per heavy atom. The molecule has 0 fully saturated rings. The van der Waals surface area contributed by atoms with Crippen molar-refractivity contribution in [3.63, 3.8) is 0 Å². The molecule has 96 valence electrons. The highest BCUT2D eigenvalue weighted by Crippen LogP contribution is 2.26. The summed E-state index contributed by atoms with van der Waals surface area (Å²) in [7, 11) is 4.58. The van der Waals surface area contributed by atoms with Crippen LogP contribution in [0.15, 0.2) is 43.0 Å². The highest BCUT2D eigenvalue weighted by Gasteiger charge is 2.35. The maximum Gasteiger partial charge on any atom is 0.104 e. The van der Waals surface area contributed by atoms with Crippen molar-refractivity contribution in [3.05, 3.63) is 48.6 Å². The number of nitrogens with zero attached hydrogens (tertiary/aromatic N) is 1. The second-order valence-electron chi connectivity index (χ2n) is 5.63. The summed E-state index contributed by atoms with van der Waals surface area (Å²) in [5.41, 5.74) is 1.61. The molecule has 0 aromatic heterocycles. The molecular formula is C15H24ClN. The first kappa shape index (κ1) is 16.2.